The molecule has 1 N–H and O–H groups in total. The number of nitrogens with zero attached hydrogens (tertiary/aromatic N) is 3. The highest BCUT2D eigenvalue weighted by molar-refractivity contribution is 7.16. The van der Waals surface area contributed by atoms with Gasteiger partial charge in [-0.05, 0) is 6.92 Å². The van der Waals surface area contributed by atoms with Crippen molar-refractivity contribution < 1.29 is 9.90 Å². The maximum Gasteiger partial charge on any atom is 0.310 e. The molecule has 0 aromatic carbocycles. The SMILES string of the molecule is Cc1cc(=O)n2nc(CC(=O)O)sc2n1. The lowest BCUT2D eigenvalue weighted by atomic mass is 10.5. The summed E-state index contributed by atoms with van der Waals surface area (Å²) in [5.74, 6) is -0.973. The van der Waals surface area contributed by atoms with Crippen LogP contribution >= 0.6 is 11.3 Å². The van der Waals surface area contributed by atoms with E-state index in [9.17, 15) is 9.59 Å². The zero-order valence-electron chi connectivity index (χ0n) is 7.80. The maximum absolute atomic E-state index is 11.4. The van der Waals surface area contributed by atoms with E-state index in [4.69, 9.17) is 5.11 Å². The highest BCUT2D eigenvalue weighted by Crippen LogP contribution is 2.11. The van der Waals surface area contributed by atoms with Crippen LogP contribution in [0, 0.1) is 6.92 Å². The molecule has 2 aromatic heterocycles. The zero-order chi connectivity index (χ0) is 11.0. The van der Waals surface area contributed by atoms with Crippen LogP contribution in [0.25, 0.3) is 4.96 Å². The van der Waals surface area contributed by atoms with E-state index in [-0.39, 0.29) is 12.0 Å². The topological polar surface area (TPSA) is 84.6 Å². The predicted octanol–water partition coefficient (Wildman–Crippen LogP) is 0.0865. The van der Waals surface area contributed by atoms with Crippen LogP contribution in [0.15, 0.2) is 10.9 Å². The number of carboxylic acid groups (broad SMARTS) is 1. The molecular weight excluding hydrogens is 218 g/mol. The van der Waals surface area contributed by atoms with Crippen molar-refractivity contribution in [1.29, 1.82) is 0 Å². The molecule has 0 unspecified atom stereocenters. The molecule has 2 aromatic rings. The predicted molar refractivity (Wildman–Crippen MR) is 53.2 cm³/mol. The molecule has 2 heterocycles. The second kappa shape index (κ2) is 3.43. The second-order valence-electron chi connectivity index (χ2n) is 3.00. The van der Waals surface area contributed by atoms with E-state index in [1.54, 1.807) is 6.92 Å². The fourth-order valence-electron chi connectivity index (χ4n) is 1.16. The van der Waals surface area contributed by atoms with Crippen molar-refractivity contribution in [3.8, 4) is 0 Å². The molecule has 0 spiro atoms. The van der Waals surface area contributed by atoms with Gasteiger partial charge in [0.2, 0.25) is 4.96 Å². The van der Waals surface area contributed by atoms with Crippen molar-refractivity contribution in [2.24, 2.45) is 0 Å². The number of hydrogen-bond acceptors (Lipinski definition) is 5. The van der Waals surface area contributed by atoms with E-state index in [0.29, 0.717) is 15.7 Å². The number of aliphatic carboxylic acids is 1. The Bertz CT molecular complexity index is 586. The van der Waals surface area contributed by atoms with Crippen LogP contribution in [0.2, 0.25) is 0 Å². The van der Waals surface area contributed by atoms with E-state index in [2.05, 4.69) is 10.1 Å². The molecule has 15 heavy (non-hydrogen) atoms. The van der Waals surface area contributed by atoms with Gasteiger partial charge in [-0.25, -0.2) is 4.98 Å². The minimum absolute atomic E-state index is 0.188. The maximum atomic E-state index is 11.4. The van der Waals surface area contributed by atoms with Crippen LogP contribution < -0.4 is 5.56 Å². The Morgan fingerprint density at radius 2 is 2.40 bits per heavy atom. The summed E-state index contributed by atoms with van der Waals surface area (Å²) in [4.78, 5) is 26.4. The van der Waals surface area contributed by atoms with Crippen LogP contribution in [0.4, 0.5) is 0 Å². The summed E-state index contributed by atoms with van der Waals surface area (Å²) in [5, 5.41) is 12.8. The lowest BCUT2D eigenvalue weighted by Crippen LogP contribution is -2.14. The molecule has 6 nitrogen and oxygen atoms in total. The number of carbonyl (C=O) groups is 1. The van der Waals surface area contributed by atoms with Gasteiger partial charge in [-0.2, -0.15) is 9.61 Å². The average Bonchev–Trinajstić information content (AvgIpc) is 2.45. The average molecular weight is 225 g/mol. The van der Waals surface area contributed by atoms with Crippen LogP contribution in [0.1, 0.15) is 10.7 Å². The van der Waals surface area contributed by atoms with Crippen LogP contribution in [-0.2, 0) is 11.2 Å². The van der Waals surface area contributed by atoms with Crippen molar-refractivity contribution in [3.05, 3.63) is 27.1 Å². The standard InChI is InChI=1S/C8H7N3O3S/c1-4-2-6(12)11-8(9-4)15-5(10-11)3-7(13)14/h2H,3H2,1H3,(H,13,14). The fraction of sp³-hybridized carbons (Fsp3) is 0.250. The van der Waals surface area contributed by atoms with Crippen LogP contribution in [0.3, 0.4) is 0 Å². The first kappa shape index (κ1) is 9.78. The smallest absolute Gasteiger partial charge is 0.310 e. The molecule has 0 atom stereocenters. The summed E-state index contributed by atoms with van der Waals surface area (Å²) in [5.41, 5.74) is 0.316. The minimum Gasteiger partial charge on any atom is -0.481 e. The van der Waals surface area contributed by atoms with Crippen molar-refractivity contribution in [2.75, 3.05) is 0 Å². The van der Waals surface area contributed by atoms with Gasteiger partial charge in [0.05, 0.1) is 6.42 Å². The molecule has 2 rings (SSSR count). The molecule has 0 saturated heterocycles. The third-order valence-electron chi connectivity index (χ3n) is 1.72. The minimum atomic E-state index is -0.973. The van der Waals surface area contributed by atoms with Crippen molar-refractivity contribution in [3.63, 3.8) is 0 Å². The first-order valence-electron chi connectivity index (χ1n) is 4.14. The van der Waals surface area contributed by atoms with Gasteiger partial charge in [0.15, 0.2) is 0 Å². The number of carboxylic acids is 1. The Kier molecular flexibility index (Phi) is 2.24. The monoisotopic (exact) mass is 225 g/mol. The fourth-order valence-corrected chi connectivity index (χ4v) is 2.10. The van der Waals surface area contributed by atoms with Gasteiger partial charge >= 0.3 is 5.97 Å². The quantitative estimate of drug-likeness (QED) is 0.782. The summed E-state index contributed by atoms with van der Waals surface area (Å²) >= 11 is 1.11. The van der Waals surface area contributed by atoms with Gasteiger partial charge < -0.3 is 5.11 Å². The molecule has 0 aliphatic carbocycles. The summed E-state index contributed by atoms with van der Waals surface area (Å²) in [6, 6.07) is 1.36. The van der Waals surface area contributed by atoms with Gasteiger partial charge in [-0.1, -0.05) is 11.3 Å². The van der Waals surface area contributed by atoms with Gasteiger partial charge in [-0.15, -0.1) is 0 Å². The van der Waals surface area contributed by atoms with Gasteiger partial charge in [0.1, 0.15) is 5.01 Å². The molecule has 0 bridgehead atoms. The molecular formula is C8H7N3O3S. The van der Waals surface area contributed by atoms with E-state index in [1.807, 2.05) is 0 Å². The molecule has 7 heteroatoms. The molecule has 0 saturated carbocycles. The molecule has 0 radical (unpaired) electrons. The lowest BCUT2D eigenvalue weighted by Gasteiger charge is -1.89. The number of hydrogen-bond donors (Lipinski definition) is 1. The summed E-state index contributed by atoms with van der Waals surface area (Å²) < 4.78 is 1.12. The molecule has 0 amide bonds. The third kappa shape index (κ3) is 1.86. The van der Waals surface area contributed by atoms with Crippen molar-refractivity contribution in [1.82, 2.24) is 14.6 Å². The van der Waals surface area contributed by atoms with E-state index < -0.39 is 5.97 Å². The Balaban J connectivity index is 2.60. The normalized spacial score (nSPS) is 10.7. The van der Waals surface area contributed by atoms with Gasteiger partial charge in [-0.3, -0.25) is 9.59 Å². The Morgan fingerprint density at radius 3 is 3.07 bits per heavy atom. The second-order valence-corrected chi connectivity index (χ2v) is 4.04. The summed E-state index contributed by atoms with van der Waals surface area (Å²) in [7, 11) is 0. The van der Waals surface area contributed by atoms with Crippen LogP contribution in [-0.4, -0.2) is 25.7 Å². The first-order chi connectivity index (χ1) is 7.06. The number of aromatic nitrogens is 3. The molecule has 0 aliphatic heterocycles. The van der Waals surface area contributed by atoms with Gasteiger partial charge in [0, 0.05) is 11.8 Å². The lowest BCUT2D eigenvalue weighted by molar-refractivity contribution is -0.136. The third-order valence-corrected chi connectivity index (χ3v) is 2.63. The summed E-state index contributed by atoms with van der Waals surface area (Å²) in [6.45, 7) is 1.71. The van der Waals surface area contributed by atoms with Crippen molar-refractivity contribution in [2.45, 2.75) is 13.3 Å². The molecule has 78 valence electrons. The Hall–Kier alpha value is -1.76. The van der Waals surface area contributed by atoms with E-state index >= 15 is 0 Å². The first-order valence-corrected chi connectivity index (χ1v) is 4.96. The van der Waals surface area contributed by atoms with E-state index in [0.717, 1.165) is 15.9 Å². The largest absolute Gasteiger partial charge is 0.481 e. The Morgan fingerprint density at radius 1 is 1.67 bits per heavy atom. The Labute approximate surface area is 87.8 Å². The zero-order valence-corrected chi connectivity index (χ0v) is 8.61. The van der Waals surface area contributed by atoms with Crippen LogP contribution in [0.5, 0.6) is 0 Å². The van der Waals surface area contributed by atoms with Gasteiger partial charge in [0.25, 0.3) is 5.56 Å². The number of fused-ring (bicyclic) bond motifs is 1. The highest BCUT2D eigenvalue weighted by Gasteiger charge is 2.09. The number of aryl methyl sites for hydroxylation is 1. The highest BCUT2D eigenvalue weighted by atomic mass is 32.1. The summed E-state index contributed by atoms with van der Waals surface area (Å²) in [6.07, 6.45) is -0.188. The molecule has 0 aliphatic rings. The number of rotatable bonds is 2. The molecule has 0 fully saturated rings. The van der Waals surface area contributed by atoms with E-state index in [1.165, 1.54) is 6.07 Å². The van der Waals surface area contributed by atoms with Crippen molar-refractivity contribution >= 4 is 22.3 Å².